The number of carbonyl (C=O) groups is 1. The molecule has 0 radical (unpaired) electrons. The van der Waals surface area contributed by atoms with Gasteiger partial charge in [0.1, 0.15) is 5.75 Å². The summed E-state index contributed by atoms with van der Waals surface area (Å²) in [5, 5.41) is 13.6. The predicted molar refractivity (Wildman–Crippen MR) is 93.3 cm³/mol. The lowest BCUT2D eigenvalue weighted by molar-refractivity contribution is 0.0953. The fraction of sp³-hybridized carbons (Fsp3) is 0.133. The van der Waals surface area contributed by atoms with Gasteiger partial charge in [-0.2, -0.15) is 0 Å². The van der Waals surface area contributed by atoms with Crippen LogP contribution in [0, 0.1) is 3.57 Å². The number of hydrogen-bond donors (Lipinski definition) is 2. The third kappa shape index (κ3) is 4.49. The summed E-state index contributed by atoms with van der Waals surface area (Å²) in [5.41, 5.74) is 1.35. The van der Waals surface area contributed by atoms with Crippen LogP contribution in [0.2, 0.25) is 10.0 Å². The van der Waals surface area contributed by atoms with Crippen molar-refractivity contribution in [3.05, 3.63) is 61.1 Å². The third-order valence-electron chi connectivity index (χ3n) is 2.90. The molecule has 1 amide bonds. The van der Waals surface area contributed by atoms with Crippen molar-refractivity contribution in [3.63, 3.8) is 0 Å². The molecule has 0 aliphatic rings. The van der Waals surface area contributed by atoms with E-state index in [9.17, 15) is 9.90 Å². The first-order valence-corrected chi connectivity index (χ1v) is 8.01. The number of rotatable bonds is 4. The van der Waals surface area contributed by atoms with E-state index in [-0.39, 0.29) is 11.7 Å². The number of phenolic OH excluding ortho intramolecular Hbond substituents is 1. The fourth-order valence-electron chi connectivity index (χ4n) is 1.79. The number of amides is 1. The molecule has 0 aliphatic heterocycles. The molecule has 6 heteroatoms. The molecule has 0 atom stereocenters. The molecule has 21 heavy (non-hydrogen) atoms. The summed E-state index contributed by atoms with van der Waals surface area (Å²) in [7, 11) is 0. The summed E-state index contributed by atoms with van der Waals surface area (Å²) >= 11 is 13.9. The molecule has 0 heterocycles. The van der Waals surface area contributed by atoms with Gasteiger partial charge in [-0.3, -0.25) is 4.79 Å². The first kappa shape index (κ1) is 16.4. The van der Waals surface area contributed by atoms with Crippen LogP contribution in [0.4, 0.5) is 0 Å². The number of phenols is 1. The van der Waals surface area contributed by atoms with Gasteiger partial charge in [-0.15, -0.1) is 0 Å². The molecule has 110 valence electrons. The number of aromatic hydroxyl groups is 1. The Bertz CT molecular complexity index is 677. The predicted octanol–water partition coefficient (Wildman–Crippen LogP) is 4.28. The van der Waals surface area contributed by atoms with Gasteiger partial charge in [0.05, 0.1) is 3.57 Å². The average Bonchev–Trinajstić information content (AvgIpc) is 2.44. The van der Waals surface area contributed by atoms with Crippen molar-refractivity contribution in [2.75, 3.05) is 6.54 Å². The molecule has 0 aromatic heterocycles. The summed E-state index contributed by atoms with van der Waals surface area (Å²) < 4.78 is 0.706. The van der Waals surface area contributed by atoms with Crippen molar-refractivity contribution < 1.29 is 9.90 Å². The second-order valence-electron chi connectivity index (χ2n) is 4.41. The summed E-state index contributed by atoms with van der Waals surface area (Å²) in [4.78, 5) is 12.0. The van der Waals surface area contributed by atoms with Crippen LogP contribution in [-0.4, -0.2) is 17.6 Å². The zero-order valence-corrected chi connectivity index (χ0v) is 14.5. The maximum atomic E-state index is 12.0. The van der Waals surface area contributed by atoms with E-state index in [1.165, 1.54) is 6.07 Å². The number of nitrogens with one attached hydrogen (secondary N) is 1. The Morgan fingerprint density at radius 2 is 1.95 bits per heavy atom. The Morgan fingerprint density at radius 3 is 2.62 bits per heavy atom. The molecule has 0 saturated carbocycles. The molecule has 2 aromatic carbocycles. The number of halogens is 3. The zero-order chi connectivity index (χ0) is 15.4. The van der Waals surface area contributed by atoms with Crippen LogP contribution in [-0.2, 0) is 6.42 Å². The smallest absolute Gasteiger partial charge is 0.251 e. The minimum absolute atomic E-state index is 0.101. The van der Waals surface area contributed by atoms with Crippen molar-refractivity contribution in [3.8, 4) is 5.75 Å². The monoisotopic (exact) mass is 435 g/mol. The number of carbonyl (C=O) groups excluding carboxylic acids is 1. The minimum atomic E-state index is -0.230. The minimum Gasteiger partial charge on any atom is -0.507 e. The van der Waals surface area contributed by atoms with Crippen LogP contribution in [0.3, 0.4) is 0 Å². The zero-order valence-electron chi connectivity index (χ0n) is 10.9. The van der Waals surface area contributed by atoms with Crippen molar-refractivity contribution in [1.29, 1.82) is 0 Å². The van der Waals surface area contributed by atoms with Crippen LogP contribution in [0.15, 0.2) is 36.4 Å². The molecule has 0 aliphatic carbocycles. The van der Waals surface area contributed by atoms with E-state index in [1.54, 1.807) is 24.3 Å². The van der Waals surface area contributed by atoms with Crippen LogP contribution in [0.25, 0.3) is 0 Å². The topological polar surface area (TPSA) is 49.3 Å². The lowest BCUT2D eigenvalue weighted by atomic mass is 10.1. The standard InChI is InChI=1S/C15H12Cl2INO2/c16-11-3-1-9(12(17)8-11)5-6-19-15(21)10-2-4-13(18)14(20)7-10/h1-4,7-8,20H,5-6H2,(H,19,21). The van der Waals surface area contributed by atoms with Gasteiger partial charge in [0.15, 0.2) is 0 Å². The SMILES string of the molecule is O=C(NCCc1ccc(Cl)cc1Cl)c1ccc(I)c(O)c1. The fourth-order valence-corrected chi connectivity index (χ4v) is 2.63. The van der Waals surface area contributed by atoms with Gasteiger partial charge >= 0.3 is 0 Å². The normalized spacial score (nSPS) is 10.4. The molecule has 3 nitrogen and oxygen atoms in total. The Hall–Kier alpha value is -0.980. The van der Waals surface area contributed by atoms with Crippen molar-refractivity contribution >= 4 is 51.7 Å². The largest absolute Gasteiger partial charge is 0.507 e. The third-order valence-corrected chi connectivity index (χ3v) is 4.40. The molecule has 2 N–H and O–H groups in total. The Balaban J connectivity index is 1.93. The maximum Gasteiger partial charge on any atom is 0.251 e. The highest BCUT2D eigenvalue weighted by atomic mass is 127. The number of benzene rings is 2. The molecule has 0 bridgehead atoms. The summed E-state index contributed by atoms with van der Waals surface area (Å²) in [5.74, 6) is -0.129. The van der Waals surface area contributed by atoms with E-state index in [1.807, 2.05) is 28.7 Å². The van der Waals surface area contributed by atoms with Crippen LogP contribution >= 0.6 is 45.8 Å². The molecular formula is C15H12Cl2INO2. The average molecular weight is 436 g/mol. The first-order valence-electron chi connectivity index (χ1n) is 6.18. The molecule has 0 fully saturated rings. The van der Waals surface area contributed by atoms with Gasteiger partial charge in [-0.05, 0) is 64.9 Å². The molecule has 0 unspecified atom stereocenters. The van der Waals surface area contributed by atoms with Gasteiger partial charge in [0.25, 0.3) is 5.91 Å². The summed E-state index contributed by atoms with van der Waals surface area (Å²) in [6, 6.07) is 10.1. The summed E-state index contributed by atoms with van der Waals surface area (Å²) in [6.07, 6.45) is 0.609. The maximum absolute atomic E-state index is 12.0. The first-order chi connectivity index (χ1) is 9.97. The highest BCUT2D eigenvalue weighted by molar-refractivity contribution is 14.1. The molecule has 2 rings (SSSR count). The second-order valence-corrected chi connectivity index (χ2v) is 6.41. The van der Waals surface area contributed by atoms with Crippen LogP contribution in [0.1, 0.15) is 15.9 Å². The van der Waals surface area contributed by atoms with E-state index < -0.39 is 0 Å². The van der Waals surface area contributed by atoms with Crippen molar-refractivity contribution in [2.45, 2.75) is 6.42 Å². The van der Waals surface area contributed by atoms with Gasteiger partial charge in [-0.25, -0.2) is 0 Å². The van der Waals surface area contributed by atoms with Crippen LogP contribution < -0.4 is 5.32 Å². The lowest BCUT2D eigenvalue weighted by Crippen LogP contribution is -2.25. The highest BCUT2D eigenvalue weighted by Gasteiger charge is 2.08. The second kappa shape index (κ2) is 7.33. The van der Waals surface area contributed by atoms with Gasteiger partial charge in [-0.1, -0.05) is 29.3 Å². The molecular weight excluding hydrogens is 424 g/mol. The van der Waals surface area contributed by atoms with E-state index >= 15 is 0 Å². The van der Waals surface area contributed by atoms with Crippen LogP contribution in [0.5, 0.6) is 5.75 Å². The van der Waals surface area contributed by atoms with Gasteiger partial charge < -0.3 is 10.4 Å². The van der Waals surface area contributed by atoms with E-state index in [0.29, 0.717) is 32.1 Å². The van der Waals surface area contributed by atoms with Crippen molar-refractivity contribution in [1.82, 2.24) is 5.32 Å². The molecule has 2 aromatic rings. The van der Waals surface area contributed by atoms with E-state index in [4.69, 9.17) is 23.2 Å². The molecule has 0 saturated heterocycles. The van der Waals surface area contributed by atoms with Gasteiger partial charge in [0, 0.05) is 22.2 Å². The Morgan fingerprint density at radius 1 is 1.19 bits per heavy atom. The van der Waals surface area contributed by atoms with E-state index in [2.05, 4.69) is 5.32 Å². The molecule has 0 spiro atoms. The quantitative estimate of drug-likeness (QED) is 0.704. The van der Waals surface area contributed by atoms with Gasteiger partial charge in [0.2, 0.25) is 0 Å². The Labute approximate surface area is 146 Å². The van der Waals surface area contributed by atoms with Crippen molar-refractivity contribution in [2.24, 2.45) is 0 Å². The summed E-state index contributed by atoms with van der Waals surface area (Å²) in [6.45, 7) is 0.451. The Kier molecular flexibility index (Phi) is 5.72. The highest BCUT2D eigenvalue weighted by Crippen LogP contribution is 2.22. The van der Waals surface area contributed by atoms with E-state index in [0.717, 1.165) is 5.56 Å². The number of hydrogen-bond acceptors (Lipinski definition) is 2. The lowest BCUT2D eigenvalue weighted by Gasteiger charge is -2.08.